The van der Waals surface area contributed by atoms with Crippen molar-refractivity contribution in [2.24, 2.45) is 0 Å². The Balaban J connectivity index is 2.25. The predicted molar refractivity (Wildman–Crippen MR) is 74.5 cm³/mol. The molecule has 1 N–H and O–H groups in total. The van der Waals surface area contributed by atoms with Gasteiger partial charge in [0.15, 0.2) is 0 Å². The Hall–Kier alpha value is -1.10. The van der Waals surface area contributed by atoms with Gasteiger partial charge in [0.25, 0.3) is 0 Å². The summed E-state index contributed by atoms with van der Waals surface area (Å²) in [5.74, 6) is 0.774. The number of ether oxygens (including phenoxy) is 3. The van der Waals surface area contributed by atoms with Gasteiger partial charge in [-0.25, -0.2) is 0 Å². The first-order valence-electron chi connectivity index (χ1n) is 6.46. The van der Waals surface area contributed by atoms with Gasteiger partial charge in [-0.15, -0.1) is 0 Å². The summed E-state index contributed by atoms with van der Waals surface area (Å²) < 4.78 is 16.0. The molecule has 1 aromatic carbocycles. The summed E-state index contributed by atoms with van der Waals surface area (Å²) in [6.07, 6.45) is -0.624. The zero-order valence-electron chi connectivity index (χ0n) is 12.2. The maximum Gasteiger partial charge on any atom is 0.118 e. The van der Waals surface area contributed by atoms with Crippen molar-refractivity contribution in [1.29, 1.82) is 0 Å². The van der Waals surface area contributed by atoms with Crippen molar-refractivity contribution < 1.29 is 19.3 Å². The Labute approximate surface area is 115 Å². The monoisotopic (exact) mass is 268 g/mol. The molecule has 0 aliphatic carbocycles. The van der Waals surface area contributed by atoms with Crippen LogP contribution < -0.4 is 4.74 Å². The molecular weight excluding hydrogens is 244 g/mol. The second-order valence-corrected chi connectivity index (χ2v) is 5.32. The van der Waals surface area contributed by atoms with Gasteiger partial charge >= 0.3 is 0 Å². The van der Waals surface area contributed by atoms with E-state index in [0.717, 1.165) is 11.3 Å². The highest BCUT2D eigenvalue weighted by atomic mass is 16.5. The van der Waals surface area contributed by atoms with E-state index in [1.165, 1.54) is 0 Å². The van der Waals surface area contributed by atoms with E-state index in [0.29, 0.717) is 13.2 Å². The zero-order valence-corrected chi connectivity index (χ0v) is 12.2. The third kappa shape index (κ3) is 6.57. The molecule has 0 heterocycles. The second-order valence-electron chi connectivity index (χ2n) is 5.32. The molecule has 0 spiro atoms. The van der Waals surface area contributed by atoms with Crippen molar-refractivity contribution in [1.82, 2.24) is 0 Å². The fourth-order valence-electron chi connectivity index (χ4n) is 1.52. The van der Waals surface area contributed by atoms with Crippen LogP contribution in [0.4, 0.5) is 0 Å². The molecule has 1 aromatic rings. The van der Waals surface area contributed by atoms with Crippen LogP contribution in [-0.2, 0) is 9.47 Å². The number of hydrogen-bond acceptors (Lipinski definition) is 4. The highest BCUT2D eigenvalue weighted by Gasteiger charge is 2.10. The van der Waals surface area contributed by atoms with Crippen molar-refractivity contribution in [3.8, 4) is 5.75 Å². The summed E-state index contributed by atoms with van der Waals surface area (Å²) in [6.45, 7) is 7.26. The van der Waals surface area contributed by atoms with Crippen molar-refractivity contribution >= 4 is 0 Å². The third-order valence-electron chi connectivity index (χ3n) is 2.54. The quantitative estimate of drug-likeness (QED) is 0.772. The molecule has 0 amide bonds. The van der Waals surface area contributed by atoms with Gasteiger partial charge in [0.05, 0.1) is 32.5 Å². The number of aliphatic hydroxyl groups excluding tert-OH is 1. The molecule has 1 rings (SSSR count). The zero-order chi connectivity index (χ0) is 14.3. The van der Waals surface area contributed by atoms with E-state index >= 15 is 0 Å². The second kappa shape index (κ2) is 7.48. The van der Waals surface area contributed by atoms with E-state index in [1.54, 1.807) is 7.11 Å². The van der Waals surface area contributed by atoms with E-state index in [-0.39, 0.29) is 12.2 Å². The first kappa shape index (κ1) is 16.0. The van der Waals surface area contributed by atoms with Gasteiger partial charge in [-0.3, -0.25) is 0 Å². The number of hydrogen-bond donors (Lipinski definition) is 1. The first-order chi connectivity index (χ1) is 8.92. The highest BCUT2D eigenvalue weighted by molar-refractivity contribution is 5.28. The maximum absolute atomic E-state index is 9.94. The fourth-order valence-corrected chi connectivity index (χ4v) is 1.52. The summed E-state index contributed by atoms with van der Waals surface area (Å²) >= 11 is 0. The molecule has 0 saturated carbocycles. The number of rotatable bonds is 7. The summed E-state index contributed by atoms with van der Waals surface area (Å²) in [4.78, 5) is 0. The van der Waals surface area contributed by atoms with Crippen LogP contribution in [0.3, 0.4) is 0 Å². The Morgan fingerprint density at radius 3 is 2.26 bits per heavy atom. The molecule has 108 valence electrons. The predicted octanol–water partition coefficient (Wildman–Crippen LogP) is 2.56. The molecule has 19 heavy (non-hydrogen) atoms. The SMILES string of the molecule is COc1ccc(C(O)COCCOC(C)(C)C)cc1. The Morgan fingerprint density at radius 2 is 1.74 bits per heavy atom. The lowest BCUT2D eigenvalue weighted by atomic mass is 10.1. The van der Waals surface area contributed by atoms with Crippen molar-refractivity contribution in [2.45, 2.75) is 32.5 Å². The average Bonchev–Trinajstić information content (AvgIpc) is 2.37. The minimum Gasteiger partial charge on any atom is -0.497 e. The maximum atomic E-state index is 9.94. The molecule has 1 atom stereocenters. The molecule has 4 heteroatoms. The van der Waals surface area contributed by atoms with E-state index in [1.807, 2.05) is 45.0 Å². The molecule has 1 unspecified atom stereocenters. The van der Waals surface area contributed by atoms with Gasteiger partial charge in [0.1, 0.15) is 11.9 Å². The Bertz CT molecular complexity index is 353. The van der Waals surface area contributed by atoms with Gasteiger partial charge in [0.2, 0.25) is 0 Å². The van der Waals surface area contributed by atoms with E-state index in [4.69, 9.17) is 14.2 Å². The number of aliphatic hydroxyl groups is 1. The van der Waals surface area contributed by atoms with Crippen LogP contribution in [0.2, 0.25) is 0 Å². The summed E-state index contributed by atoms with van der Waals surface area (Å²) in [5, 5.41) is 9.94. The van der Waals surface area contributed by atoms with Gasteiger partial charge in [0, 0.05) is 0 Å². The molecule has 0 aliphatic heterocycles. The third-order valence-corrected chi connectivity index (χ3v) is 2.54. The van der Waals surface area contributed by atoms with Crippen LogP contribution in [0.15, 0.2) is 24.3 Å². The normalized spacial score (nSPS) is 13.3. The van der Waals surface area contributed by atoms with E-state index in [2.05, 4.69) is 0 Å². The smallest absolute Gasteiger partial charge is 0.118 e. The lowest BCUT2D eigenvalue weighted by Crippen LogP contribution is -2.22. The molecule has 0 aliphatic rings. The van der Waals surface area contributed by atoms with Crippen LogP contribution in [-0.4, -0.2) is 37.6 Å². The van der Waals surface area contributed by atoms with Crippen LogP contribution >= 0.6 is 0 Å². The van der Waals surface area contributed by atoms with Crippen LogP contribution in [0.5, 0.6) is 5.75 Å². The summed E-state index contributed by atoms with van der Waals surface area (Å²) in [6, 6.07) is 7.31. The largest absolute Gasteiger partial charge is 0.497 e. The lowest BCUT2D eigenvalue weighted by Gasteiger charge is -2.19. The molecule has 0 aromatic heterocycles. The van der Waals surface area contributed by atoms with Crippen molar-refractivity contribution in [3.05, 3.63) is 29.8 Å². The molecule has 0 bridgehead atoms. The fraction of sp³-hybridized carbons (Fsp3) is 0.600. The topological polar surface area (TPSA) is 47.9 Å². The van der Waals surface area contributed by atoms with Crippen molar-refractivity contribution in [2.75, 3.05) is 26.9 Å². The number of methoxy groups -OCH3 is 1. The molecule has 4 nitrogen and oxygen atoms in total. The lowest BCUT2D eigenvalue weighted by molar-refractivity contribution is -0.0477. The average molecular weight is 268 g/mol. The Kier molecular flexibility index (Phi) is 6.28. The minimum absolute atomic E-state index is 0.155. The van der Waals surface area contributed by atoms with E-state index < -0.39 is 6.10 Å². The van der Waals surface area contributed by atoms with Crippen LogP contribution in [0, 0.1) is 0 Å². The highest BCUT2D eigenvalue weighted by Crippen LogP contribution is 2.17. The Morgan fingerprint density at radius 1 is 1.11 bits per heavy atom. The molecular formula is C15H24O4. The summed E-state index contributed by atoms with van der Waals surface area (Å²) in [7, 11) is 1.61. The van der Waals surface area contributed by atoms with Gasteiger partial charge in [-0.05, 0) is 38.5 Å². The van der Waals surface area contributed by atoms with E-state index in [9.17, 15) is 5.11 Å². The van der Waals surface area contributed by atoms with Gasteiger partial charge < -0.3 is 19.3 Å². The molecule has 0 saturated heterocycles. The van der Waals surface area contributed by atoms with Crippen molar-refractivity contribution in [3.63, 3.8) is 0 Å². The van der Waals surface area contributed by atoms with Crippen LogP contribution in [0.25, 0.3) is 0 Å². The molecule has 0 radical (unpaired) electrons. The number of benzene rings is 1. The minimum atomic E-state index is -0.624. The standard InChI is InChI=1S/C15H24O4/c1-15(2,3)19-10-9-18-11-14(16)12-5-7-13(17-4)8-6-12/h5-8,14,16H,9-11H2,1-4H3. The van der Waals surface area contributed by atoms with Gasteiger partial charge in [-0.2, -0.15) is 0 Å². The molecule has 0 fully saturated rings. The first-order valence-corrected chi connectivity index (χ1v) is 6.46. The van der Waals surface area contributed by atoms with Crippen LogP contribution in [0.1, 0.15) is 32.4 Å². The van der Waals surface area contributed by atoms with Gasteiger partial charge in [-0.1, -0.05) is 12.1 Å². The summed E-state index contributed by atoms with van der Waals surface area (Å²) in [5.41, 5.74) is 0.662.